The first-order valence-electron chi connectivity index (χ1n) is 8.12. The number of anilines is 2. The van der Waals surface area contributed by atoms with Gasteiger partial charge < -0.3 is 19.5 Å². The van der Waals surface area contributed by atoms with Crippen LogP contribution in [-0.2, 0) is 0 Å². The van der Waals surface area contributed by atoms with Crippen molar-refractivity contribution in [3.8, 4) is 28.6 Å². The van der Waals surface area contributed by atoms with E-state index in [-0.39, 0.29) is 0 Å². The van der Waals surface area contributed by atoms with Gasteiger partial charge in [-0.05, 0) is 6.92 Å². The van der Waals surface area contributed by atoms with E-state index in [0.717, 1.165) is 16.9 Å². The number of benzene rings is 2. The van der Waals surface area contributed by atoms with Crippen LogP contribution in [0.25, 0.3) is 11.4 Å². The first-order valence-corrected chi connectivity index (χ1v) is 8.12. The van der Waals surface area contributed by atoms with Crippen molar-refractivity contribution in [1.29, 1.82) is 0 Å². The standard InChI is InChI=1S/C20H21N3O3/c1-13-10-18(23-20(21-13)14-8-6-5-7-9-14)22-15-11-16(24-2)19(26-4)17(12-15)25-3/h5-12H,1-4H3,(H,21,22,23). The van der Waals surface area contributed by atoms with Crippen molar-refractivity contribution >= 4 is 11.5 Å². The van der Waals surface area contributed by atoms with E-state index in [1.807, 2.05) is 55.5 Å². The fraction of sp³-hybridized carbons (Fsp3) is 0.200. The maximum absolute atomic E-state index is 5.40. The molecule has 1 heterocycles. The van der Waals surface area contributed by atoms with Gasteiger partial charge in [-0.2, -0.15) is 0 Å². The molecule has 0 spiro atoms. The molecule has 0 radical (unpaired) electrons. The summed E-state index contributed by atoms with van der Waals surface area (Å²) < 4.78 is 16.1. The second-order valence-corrected chi connectivity index (χ2v) is 5.62. The maximum atomic E-state index is 5.40. The van der Waals surface area contributed by atoms with Gasteiger partial charge in [0.1, 0.15) is 5.82 Å². The van der Waals surface area contributed by atoms with Crippen LogP contribution < -0.4 is 19.5 Å². The van der Waals surface area contributed by atoms with Gasteiger partial charge in [0.2, 0.25) is 5.75 Å². The lowest BCUT2D eigenvalue weighted by Crippen LogP contribution is -2.01. The van der Waals surface area contributed by atoms with Crippen LogP contribution in [0.1, 0.15) is 5.69 Å². The van der Waals surface area contributed by atoms with Crippen molar-refractivity contribution in [2.75, 3.05) is 26.6 Å². The fourth-order valence-electron chi connectivity index (χ4n) is 2.65. The van der Waals surface area contributed by atoms with Gasteiger partial charge in [-0.25, -0.2) is 9.97 Å². The summed E-state index contributed by atoms with van der Waals surface area (Å²) in [6.07, 6.45) is 0. The summed E-state index contributed by atoms with van der Waals surface area (Å²) >= 11 is 0. The highest BCUT2D eigenvalue weighted by atomic mass is 16.5. The lowest BCUT2D eigenvalue weighted by molar-refractivity contribution is 0.324. The van der Waals surface area contributed by atoms with Crippen molar-refractivity contribution in [3.63, 3.8) is 0 Å². The molecule has 134 valence electrons. The smallest absolute Gasteiger partial charge is 0.203 e. The zero-order valence-electron chi connectivity index (χ0n) is 15.2. The Kier molecular flexibility index (Phi) is 5.22. The molecule has 6 nitrogen and oxygen atoms in total. The zero-order valence-corrected chi connectivity index (χ0v) is 15.2. The van der Waals surface area contributed by atoms with Gasteiger partial charge in [0.25, 0.3) is 0 Å². The van der Waals surface area contributed by atoms with E-state index in [0.29, 0.717) is 28.9 Å². The van der Waals surface area contributed by atoms with E-state index in [1.54, 1.807) is 21.3 Å². The van der Waals surface area contributed by atoms with Crippen LogP contribution in [-0.4, -0.2) is 31.3 Å². The molecule has 0 fully saturated rings. The Morgan fingerprint density at radius 2 is 1.46 bits per heavy atom. The molecular weight excluding hydrogens is 330 g/mol. The average molecular weight is 351 g/mol. The van der Waals surface area contributed by atoms with Crippen LogP contribution in [0, 0.1) is 6.92 Å². The number of aryl methyl sites for hydroxylation is 1. The molecule has 0 saturated heterocycles. The summed E-state index contributed by atoms with van der Waals surface area (Å²) in [4.78, 5) is 9.14. The number of nitrogens with one attached hydrogen (secondary N) is 1. The van der Waals surface area contributed by atoms with E-state index in [4.69, 9.17) is 14.2 Å². The number of ether oxygens (including phenoxy) is 3. The van der Waals surface area contributed by atoms with Crippen LogP contribution in [0.4, 0.5) is 11.5 Å². The van der Waals surface area contributed by atoms with Crippen LogP contribution >= 0.6 is 0 Å². The Hall–Kier alpha value is -3.28. The van der Waals surface area contributed by atoms with Crippen LogP contribution in [0.5, 0.6) is 17.2 Å². The highest BCUT2D eigenvalue weighted by molar-refractivity contribution is 5.68. The fourth-order valence-corrected chi connectivity index (χ4v) is 2.65. The Morgan fingerprint density at radius 3 is 2.04 bits per heavy atom. The number of nitrogens with zero attached hydrogens (tertiary/aromatic N) is 2. The average Bonchev–Trinajstić information content (AvgIpc) is 2.67. The summed E-state index contributed by atoms with van der Waals surface area (Å²) in [5.41, 5.74) is 2.61. The molecule has 0 aliphatic heterocycles. The Labute approximate surface area is 152 Å². The van der Waals surface area contributed by atoms with Gasteiger partial charge >= 0.3 is 0 Å². The molecule has 1 N–H and O–H groups in total. The van der Waals surface area contributed by atoms with Gasteiger partial charge in [0.05, 0.1) is 21.3 Å². The number of hydrogen-bond donors (Lipinski definition) is 1. The zero-order chi connectivity index (χ0) is 18.5. The molecule has 3 rings (SSSR count). The monoisotopic (exact) mass is 351 g/mol. The molecule has 3 aromatic rings. The molecule has 0 aliphatic carbocycles. The highest BCUT2D eigenvalue weighted by Crippen LogP contribution is 2.40. The molecule has 0 amide bonds. The van der Waals surface area contributed by atoms with Crippen molar-refractivity contribution in [2.24, 2.45) is 0 Å². The second kappa shape index (κ2) is 7.74. The largest absolute Gasteiger partial charge is 0.493 e. The third-order valence-corrected chi connectivity index (χ3v) is 3.82. The summed E-state index contributed by atoms with van der Waals surface area (Å²) in [6, 6.07) is 15.4. The van der Waals surface area contributed by atoms with Crippen LogP contribution in [0.2, 0.25) is 0 Å². The molecule has 6 heteroatoms. The van der Waals surface area contributed by atoms with E-state index in [9.17, 15) is 0 Å². The minimum absolute atomic E-state index is 0.546. The van der Waals surface area contributed by atoms with Gasteiger partial charge in [-0.1, -0.05) is 30.3 Å². The Bertz CT molecular complexity index is 873. The summed E-state index contributed by atoms with van der Waals surface area (Å²) in [6.45, 7) is 1.94. The van der Waals surface area contributed by atoms with E-state index in [1.165, 1.54) is 0 Å². The number of aromatic nitrogens is 2. The number of methoxy groups -OCH3 is 3. The molecule has 0 bridgehead atoms. The number of hydrogen-bond acceptors (Lipinski definition) is 6. The molecule has 0 saturated carbocycles. The normalized spacial score (nSPS) is 10.3. The number of rotatable bonds is 6. The van der Waals surface area contributed by atoms with E-state index in [2.05, 4.69) is 15.3 Å². The third-order valence-electron chi connectivity index (χ3n) is 3.82. The third kappa shape index (κ3) is 3.69. The maximum Gasteiger partial charge on any atom is 0.203 e. The minimum atomic E-state index is 0.546. The quantitative estimate of drug-likeness (QED) is 0.717. The lowest BCUT2D eigenvalue weighted by Gasteiger charge is -2.15. The summed E-state index contributed by atoms with van der Waals surface area (Å²) in [5, 5.41) is 3.29. The van der Waals surface area contributed by atoms with Gasteiger partial charge in [0, 0.05) is 35.1 Å². The lowest BCUT2D eigenvalue weighted by atomic mass is 10.2. The Balaban J connectivity index is 1.98. The Morgan fingerprint density at radius 1 is 0.808 bits per heavy atom. The van der Waals surface area contributed by atoms with Crippen molar-refractivity contribution < 1.29 is 14.2 Å². The summed E-state index contributed by atoms with van der Waals surface area (Å²) in [5.74, 6) is 3.04. The van der Waals surface area contributed by atoms with Gasteiger partial charge in [-0.15, -0.1) is 0 Å². The van der Waals surface area contributed by atoms with Gasteiger partial charge in [0.15, 0.2) is 17.3 Å². The molecule has 2 aromatic carbocycles. The van der Waals surface area contributed by atoms with E-state index >= 15 is 0 Å². The molecule has 0 aliphatic rings. The van der Waals surface area contributed by atoms with Gasteiger partial charge in [-0.3, -0.25) is 0 Å². The minimum Gasteiger partial charge on any atom is -0.493 e. The highest BCUT2D eigenvalue weighted by Gasteiger charge is 2.14. The van der Waals surface area contributed by atoms with Crippen LogP contribution in [0.15, 0.2) is 48.5 Å². The molecular formula is C20H21N3O3. The predicted molar refractivity (Wildman–Crippen MR) is 102 cm³/mol. The molecule has 26 heavy (non-hydrogen) atoms. The predicted octanol–water partition coefficient (Wildman–Crippen LogP) is 4.22. The molecule has 0 atom stereocenters. The summed E-state index contributed by atoms with van der Waals surface area (Å²) in [7, 11) is 4.75. The van der Waals surface area contributed by atoms with Crippen molar-refractivity contribution in [2.45, 2.75) is 6.92 Å². The van der Waals surface area contributed by atoms with Crippen LogP contribution in [0.3, 0.4) is 0 Å². The van der Waals surface area contributed by atoms with E-state index < -0.39 is 0 Å². The first kappa shape index (κ1) is 17.5. The van der Waals surface area contributed by atoms with Crippen molar-refractivity contribution in [3.05, 3.63) is 54.2 Å². The first-order chi connectivity index (χ1) is 12.6. The van der Waals surface area contributed by atoms with Crippen molar-refractivity contribution in [1.82, 2.24) is 9.97 Å². The SMILES string of the molecule is COc1cc(Nc2cc(C)nc(-c3ccccc3)n2)cc(OC)c1OC. The molecule has 1 aromatic heterocycles. The molecule has 0 unspecified atom stereocenters. The second-order valence-electron chi connectivity index (χ2n) is 5.62. The topological polar surface area (TPSA) is 65.5 Å².